The molecule has 2 N–H and O–H groups in total. The topological polar surface area (TPSA) is 32.5 Å². The van der Waals surface area contributed by atoms with E-state index >= 15 is 0 Å². The maximum absolute atomic E-state index is 5.81. The van der Waals surface area contributed by atoms with Crippen LogP contribution in [0.25, 0.3) is 0 Å². The molecular formula is C14H23N3. The Balaban J connectivity index is 2.19. The van der Waals surface area contributed by atoms with E-state index in [2.05, 4.69) is 55.1 Å². The first-order valence-corrected chi connectivity index (χ1v) is 6.33. The highest BCUT2D eigenvalue weighted by Crippen LogP contribution is 2.28. The zero-order chi connectivity index (χ0) is 12.4. The van der Waals surface area contributed by atoms with Crippen molar-refractivity contribution in [2.24, 2.45) is 11.7 Å². The lowest BCUT2D eigenvalue weighted by molar-refractivity contribution is 0.266. The first-order chi connectivity index (χ1) is 8.13. The zero-order valence-electron chi connectivity index (χ0n) is 11.1. The van der Waals surface area contributed by atoms with Gasteiger partial charge >= 0.3 is 0 Å². The van der Waals surface area contributed by atoms with E-state index in [4.69, 9.17) is 5.73 Å². The van der Waals surface area contributed by atoms with Crippen LogP contribution in [0.3, 0.4) is 0 Å². The molecule has 0 aromatic heterocycles. The van der Waals surface area contributed by atoms with E-state index in [-0.39, 0.29) is 0 Å². The minimum absolute atomic E-state index is 0.619. The third-order valence-corrected chi connectivity index (χ3v) is 3.79. The van der Waals surface area contributed by atoms with Crippen molar-refractivity contribution >= 4 is 5.69 Å². The molecule has 1 aliphatic rings. The van der Waals surface area contributed by atoms with Gasteiger partial charge in [0.2, 0.25) is 0 Å². The largest absolute Gasteiger partial charge is 0.369 e. The Kier molecular flexibility index (Phi) is 3.69. The van der Waals surface area contributed by atoms with E-state index in [1.807, 2.05) is 0 Å². The minimum Gasteiger partial charge on any atom is -0.369 e. The summed E-state index contributed by atoms with van der Waals surface area (Å²) in [5.41, 5.74) is 8.37. The molecule has 2 unspecified atom stereocenters. The predicted molar refractivity (Wildman–Crippen MR) is 73.2 cm³/mol. The van der Waals surface area contributed by atoms with Gasteiger partial charge in [-0.2, -0.15) is 0 Å². The van der Waals surface area contributed by atoms with Crippen molar-refractivity contribution in [3.63, 3.8) is 0 Å². The second-order valence-electron chi connectivity index (χ2n) is 5.25. The molecule has 1 aliphatic heterocycles. The maximum Gasteiger partial charge on any atom is 0.0412 e. The van der Waals surface area contributed by atoms with Crippen LogP contribution in [0.1, 0.15) is 12.5 Å². The summed E-state index contributed by atoms with van der Waals surface area (Å²) in [7, 11) is 4.33. The molecule has 2 rings (SSSR count). The summed E-state index contributed by atoms with van der Waals surface area (Å²) in [5, 5.41) is 0. The van der Waals surface area contributed by atoms with Crippen LogP contribution in [0.2, 0.25) is 0 Å². The Hall–Kier alpha value is -1.06. The zero-order valence-corrected chi connectivity index (χ0v) is 11.1. The van der Waals surface area contributed by atoms with Gasteiger partial charge in [0.25, 0.3) is 0 Å². The predicted octanol–water partition coefficient (Wildman–Crippen LogP) is 1.53. The lowest BCUT2D eigenvalue weighted by Gasteiger charge is -2.24. The maximum atomic E-state index is 5.81. The number of rotatable bonds is 3. The van der Waals surface area contributed by atoms with Crippen LogP contribution in [0.5, 0.6) is 0 Å². The van der Waals surface area contributed by atoms with Gasteiger partial charge in [0, 0.05) is 31.4 Å². The van der Waals surface area contributed by atoms with Crippen molar-refractivity contribution in [2.75, 3.05) is 32.1 Å². The second kappa shape index (κ2) is 5.07. The lowest BCUT2D eigenvalue weighted by Crippen LogP contribution is -2.34. The average Bonchev–Trinajstić information content (AvgIpc) is 2.71. The summed E-state index contributed by atoms with van der Waals surface area (Å²) in [6.45, 7) is 5.18. The first-order valence-electron chi connectivity index (χ1n) is 6.33. The number of likely N-dealkylation sites (N-methyl/N-ethyl adjacent to an activating group) is 1. The van der Waals surface area contributed by atoms with E-state index in [0.29, 0.717) is 18.5 Å². The van der Waals surface area contributed by atoms with Crippen LogP contribution in [-0.2, 0) is 6.54 Å². The fourth-order valence-electron chi connectivity index (χ4n) is 2.81. The number of nitrogens with zero attached hydrogens (tertiary/aromatic N) is 2. The van der Waals surface area contributed by atoms with Crippen LogP contribution in [-0.4, -0.2) is 38.1 Å². The summed E-state index contributed by atoms with van der Waals surface area (Å²) < 4.78 is 0. The van der Waals surface area contributed by atoms with Gasteiger partial charge in [-0.1, -0.05) is 25.1 Å². The normalized spacial score (nSPS) is 24.6. The summed E-state index contributed by atoms with van der Waals surface area (Å²) in [6, 6.07) is 9.12. The van der Waals surface area contributed by atoms with Gasteiger partial charge in [-0.15, -0.1) is 0 Å². The Morgan fingerprint density at radius 1 is 1.29 bits per heavy atom. The van der Waals surface area contributed by atoms with E-state index in [1.165, 1.54) is 11.3 Å². The Morgan fingerprint density at radius 2 is 2.00 bits per heavy atom. The minimum atomic E-state index is 0.619. The Labute approximate surface area is 104 Å². The van der Waals surface area contributed by atoms with E-state index in [9.17, 15) is 0 Å². The fraction of sp³-hybridized carbons (Fsp3) is 0.571. The summed E-state index contributed by atoms with van der Waals surface area (Å²) >= 11 is 0. The van der Waals surface area contributed by atoms with Crippen LogP contribution in [0, 0.1) is 5.92 Å². The highest BCUT2D eigenvalue weighted by Gasteiger charge is 2.31. The van der Waals surface area contributed by atoms with Gasteiger partial charge in [0.15, 0.2) is 0 Å². The molecule has 17 heavy (non-hydrogen) atoms. The average molecular weight is 233 g/mol. The van der Waals surface area contributed by atoms with Crippen LogP contribution >= 0.6 is 0 Å². The Bertz CT molecular complexity index is 375. The van der Waals surface area contributed by atoms with Crippen LogP contribution in [0.4, 0.5) is 5.69 Å². The molecule has 0 saturated carbocycles. The molecule has 0 amide bonds. The van der Waals surface area contributed by atoms with Crippen LogP contribution < -0.4 is 10.6 Å². The smallest absolute Gasteiger partial charge is 0.0412 e. The SMILES string of the molecule is CC1CN(c2ccccc2CN)CC1N(C)C. The molecule has 3 heteroatoms. The number of anilines is 1. The van der Waals surface area contributed by atoms with E-state index in [1.54, 1.807) is 0 Å². The first kappa shape index (κ1) is 12.4. The molecule has 0 radical (unpaired) electrons. The molecule has 3 nitrogen and oxygen atoms in total. The van der Waals surface area contributed by atoms with Crippen molar-refractivity contribution in [3.05, 3.63) is 29.8 Å². The molecule has 1 heterocycles. The summed E-state index contributed by atoms with van der Waals surface area (Å²) in [5.74, 6) is 0.704. The van der Waals surface area contributed by atoms with Crippen molar-refractivity contribution in [2.45, 2.75) is 19.5 Å². The van der Waals surface area contributed by atoms with Crippen LogP contribution in [0.15, 0.2) is 24.3 Å². The standard InChI is InChI=1S/C14H23N3/c1-11-9-17(10-14(11)16(2)3)13-7-5-4-6-12(13)8-15/h4-7,11,14H,8-10,15H2,1-3H3. The van der Waals surface area contributed by atoms with Gasteiger partial charge in [-0.3, -0.25) is 0 Å². The Morgan fingerprint density at radius 3 is 2.59 bits per heavy atom. The van der Waals surface area contributed by atoms with Crippen molar-refractivity contribution in [3.8, 4) is 0 Å². The third kappa shape index (κ3) is 2.45. The summed E-state index contributed by atoms with van der Waals surface area (Å²) in [6.07, 6.45) is 0. The summed E-state index contributed by atoms with van der Waals surface area (Å²) in [4.78, 5) is 4.80. The second-order valence-corrected chi connectivity index (χ2v) is 5.25. The number of para-hydroxylation sites is 1. The van der Waals surface area contributed by atoms with Gasteiger partial charge in [0.1, 0.15) is 0 Å². The van der Waals surface area contributed by atoms with Gasteiger partial charge in [0.05, 0.1) is 0 Å². The lowest BCUT2D eigenvalue weighted by atomic mass is 10.1. The molecule has 1 fully saturated rings. The van der Waals surface area contributed by atoms with Gasteiger partial charge in [-0.25, -0.2) is 0 Å². The van der Waals surface area contributed by atoms with Crippen molar-refractivity contribution in [1.82, 2.24) is 4.90 Å². The van der Waals surface area contributed by atoms with Crippen molar-refractivity contribution in [1.29, 1.82) is 0 Å². The fourth-order valence-corrected chi connectivity index (χ4v) is 2.81. The molecule has 94 valence electrons. The molecule has 0 aliphatic carbocycles. The van der Waals surface area contributed by atoms with E-state index in [0.717, 1.165) is 13.1 Å². The van der Waals surface area contributed by atoms with E-state index < -0.39 is 0 Å². The number of hydrogen-bond acceptors (Lipinski definition) is 3. The highest BCUT2D eigenvalue weighted by molar-refractivity contribution is 5.54. The molecule has 1 aromatic carbocycles. The molecule has 1 aromatic rings. The number of hydrogen-bond donors (Lipinski definition) is 1. The molecule has 2 atom stereocenters. The molecule has 1 saturated heterocycles. The number of nitrogens with two attached hydrogens (primary N) is 1. The highest BCUT2D eigenvalue weighted by atomic mass is 15.2. The quantitative estimate of drug-likeness (QED) is 0.859. The third-order valence-electron chi connectivity index (χ3n) is 3.79. The molecular weight excluding hydrogens is 210 g/mol. The van der Waals surface area contributed by atoms with Gasteiger partial charge < -0.3 is 15.5 Å². The van der Waals surface area contributed by atoms with Gasteiger partial charge in [-0.05, 0) is 31.6 Å². The monoisotopic (exact) mass is 233 g/mol. The molecule has 0 spiro atoms. The van der Waals surface area contributed by atoms with Crippen molar-refractivity contribution < 1.29 is 0 Å². The molecule has 0 bridgehead atoms. The number of benzene rings is 1.